The molecule has 0 bridgehead atoms. The summed E-state index contributed by atoms with van der Waals surface area (Å²) in [6.07, 6.45) is -3.54. The Bertz CT molecular complexity index is 128. The molecule has 0 amide bonds. The third-order valence-corrected chi connectivity index (χ3v) is 2.06. The van der Waals surface area contributed by atoms with Gasteiger partial charge in [-0.2, -0.15) is 8.78 Å². The lowest BCUT2D eigenvalue weighted by molar-refractivity contribution is -0.197. The van der Waals surface area contributed by atoms with Crippen molar-refractivity contribution in [3.05, 3.63) is 0 Å². The summed E-state index contributed by atoms with van der Waals surface area (Å²) in [4.78, 5) is 0. The van der Waals surface area contributed by atoms with Crippen LogP contribution in [0.25, 0.3) is 0 Å². The summed E-state index contributed by atoms with van der Waals surface area (Å²) in [7, 11) is 0. The maximum Gasteiger partial charge on any atom is 0.312 e. The van der Waals surface area contributed by atoms with E-state index in [1.165, 1.54) is 6.92 Å². The SMILES string of the molecule is CCC(C)(C)C(F)(F)C(F)F. The van der Waals surface area contributed by atoms with Crippen LogP contribution in [0.5, 0.6) is 0 Å². The predicted molar refractivity (Wildman–Crippen MR) is 35.0 cm³/mol. The Kier molecular flexibility index (Phi) is 2.91. The molecule has 0 saturated heterocycles. The van der Waals surface area contributed by atoms with Gasteiger partial charge in [0.25, 0.3) is 0 Å². The summed E-state index contributed by atoms with van der Waals surface area (Å²) in [5, 5.41) is 0. The minimum atomic E-state index is -3.89. The van der Waals surface area contributed by atoms with Gasteiger partial charge in [-0.25, -0.2) is 8.78 Å². The summed E-state index contributed by atoms with van der Waals surface area (Å²) in [5.74, 6) is -3.89. The molecule has 0 spiro atoms. The van der Waals surface area contributed by atoms with Crippen LogP contribution in [0.2, 0.25) is 0 Å². The zero-order valence-electron chi connectivity index (χ0n) is 6.80. The highest BCUT2D eigenvalue weighted by molar-refractivity contribution is 4.86. The summed E-state index contributed by atoms with van der Waals surface area (Å²) in [6, 6.07) is 0. The van der Waals surface area contributed by atoms with Gasteiger partial charge in [0.05, 0.1) is 0 Å². The van der Waals surface area contributed by atoms with E-state index >= 15 is 0 Å². The van der Waals surface area contributed by atoms with E-state index in [1.54, 1.807) is 0 Å². The smallest absolute Gasteiger partial charge is 0.204 e. The highest BCUT2D eigenvalue weighted by Crippen LogP contribution is 2.42. The van der Waals surface area contributed by atoms with Crippen LogP contribution in [0, 0.1) is 5.41 Å². The van der Waals surface area contributed by atoms with Crippen LogP contribution in [-0.2, 0) is 0 Å². The first-order valence-electron chi connectivity index (χ1n) is 3.41. The second-order valence-corrected chi connectivity index (χ2v) is 3.16. The van der Waals surface area contributed by atoms with Crippen molar-refractivity contribution in [1.82, 2.24) is 0 Å². The van der Waals surface area contributed by atoms with E-state index in [4.69, 9.17) is 0 Å². The first-order valence-corrected chi connectivity index (χ1v) is 3.41. The van der Waals surface area contributed by atoms with E-state index in [2.05, 4.69) is 0 Å². The molecule has 0 aromatic carbocycles. The fourth-order valence-electron chi connectivity index (χ4n) is 0.531. The van der Waals surface area contributed by atoms with Crippen molar-refractivity contribution in [3.8, 4) is 0 Å². The van der Waals surface area contributed by atoms with Gasteiger partial charge in [0.15, 0.2) is 0 Å². The highest BCUT2D eigenvalue weighted by atomic mass is 19.3. The van der Waals surface area contributed by atoms with Crippen molar-refractivity contribution < 1.29 is 17.6 Å². The van der Waals surface area contributed by atoms with Crippen LogP contribution in [-0.4, -0.2) is 12.3 Å². The zero-order chi connectivity index (χ0) is 9.28. The average molecular weight is 172 g/mol. The molecule has 0 saturated carbocycles. The summed E-state index contributed by atoms with van der Waals surface area (Å²) >= 11 is 0. The van der Waals surface area contributed by atoms with E-state index in [-0.39, 0.29) is 6.42 Å². The number of rotatable bonds is 3. The molecule has 0 unspecified atom stereocenters. The standard InChI is InChI=1S/C7H12F4/c1-4-6(2,3)7(10,11)5(8)9/h5H,4H2,1-3H3. The van der Waals surface area contributed by atoms with Crippen molar-refractivity contribution in [2.45, 2.75) is 39.5 Å². The van der Waals surface area contributed by atoms with Crippen molar-refractivity contribution in [3.63, 3.8) is 0 Å². The van der Waals surface area contributed by atoms with Gasteiger partial charge in [0, 0.05) is 5.41 Å². The molecule has 0 heterocycles. The van der Waals surface area contributed by atoms with Crippen molar-refractivity contribution >= 4 is 0 Å². The Morgan fingerprint density at radius 3 is 1.64 bits per heavy atom. The Hall–Kier alpha value is -0.280. The Labute approximate surface area is 63.6 Å². The predicted octanol–water partition coefficient (Wildman–Crippen LogP) is 3.32. The maximum atomic E-state index is 12.6. The van der Waals surface area contributed by atoms with Crippen molar-refractivity contribution in [1.29, 1.82) is 0 Å². The molecule has 0 aromatic rings. The van der Waals surface area contributed by atoms with Gasteiger partial charge in [-0.1, -0.05) is 20.8 Å². The second-order valence-electron chi connectivity index (χ2n) is 3.16. The summed E-state index contributed by atoms with van der Waals surface area (Å²) < 4.78 is 48.6. The molecule has 0 N–H and O–H groups in total. The molecule has 4 heteroatoms. The van der Waals surface area contributed by atoms with Gasteiger partial charge in [0.2, 0.25) is 0 Å². The monoisotopic (exact) mass is 172 g/mol. The molecule has 0 rings (SSSR count). The van der Waals surface area contributed by atoms with E-state index in [0.717, 1.165) is 13.8 Å². The van der Waals surface area contributed by atoms with Crippen LogP contribution in [0.1, 0.15) is 27.2 Å². The number of halogens is 4. The number of hydrogen-bond donors (Lipinski definition) is 0. The molecule has 0 atom stereocenters. The molecule has 0 aliphatic rings. The summed E-state index contributed by atoms with van der Waals surface area (Å²) in [5.41, 5.74) is -1.62. The minimum absolute atomic E-state index is 0.0321. The Morgan fingerprint density at radius 1 is 1.18 bits per heavy atom. The number of alkyl halides is 4. The van der Waals surface area contributed by atoms with Gasteiger partial charge in [0.1, 0.15) is 0 Å². The lowest BCUT2D eigenvalue weighted by Crippen LogP contribution is -2.42. The molecule has 0 fully saturated rings. The fraction of sp³-hybridized carbons (Fsp3) is 1.00. The molecule has 0 radical (unpaired) electrons. The lowest BCUT2D eigenvalue weighted by Gasteiger charge is -2.32. The maximum absolute atomic E-state index is 12.6. The van der Waals surface area contributed by atoms with E-state index in [9.17, 15) is 17.6 Å². The van der Waals surface area contributed by atoms with Gasteiger partial charge in [-0.3, -0.25) is 0 Å². The van der Waals surface area contributed by atoms with Crippen LogP contribution in [0.4, 0.5) is 17.6 Å². The van der Waals surface area contributed by atoms with Crippen LogP contribution < -0.4 is 0 Å². The first kappa shape index (κ1) is 10.7. The summed E-state index contributed by atoms with van der Waals surface area (Å²) in [6.45, 7) is 3.74. The minimum Gasteiger partial charge on any atom is -0.204 e. The molecule has 0 aromatic heterocycles. The molecule has 0 nitrogen and oxygen atoms in total. The molecule has 11 heavy (non-hydrogen) atoms. The number of hydrogen-bond acceptors (Lipinski definition) is 0. The van der Waals surface area contributed by atoms with E-state index in [0.29, 0.717) is 0 Å². The third-order valence-electron chi connectivity index (χ3n) is 2.06. The van der Waals surface area contributed by atoms with Crippen LogP contribution in [0.15, 0.2) is 0 Å². The second kappa shape index (κ2) is 2.99. The van der Waals surface area contributed by atoms with E-state index < -0.39 is 17.8 Å². The van der Waals surface area contributed by atoms with Crippen molar-refractivity contribution in [2.75, 3.05) is 0 Å². The van der Waals surface area contributed by atoms with Gasteiger partial charge < -0.3 is 0 Å². The normalized spacial score (nSPS) is 14.2. The third kappa shape index (κ3) is 1.84. The molecular weight excluding hydrogens is 160 g/mol. The van der Waals surface area contributed by atoms with Crippen LogP contribution >= 0.6 is 0 Å². The van der Waals surface area contributed by atoms with Crippen molar-refractivity contribution in [2.24, 2.45) is 5.41 Å². The zero-order valence-corrected chi connectivity index (χ0v) is 6.80. The van der Waals surface area contributed by atoms with Gasteiger partial charge >= 0.3 is 12.3 Å². The quantitative estimate of drug-likeness (QED) is 0.573. The van der Waals surface area contributed by atoms with Crippen LogP contribution in [0.3, 0.4) is 0 Å². The largest absolute Gasteiger partial charge is 0.312 e. The topological polar surface area (TPSA) is 0 Å². The fourth-order valence-corrected chi connectivity index (χ4v) is 0.531. The molecule has 0 aliphatic carbocycles. The molecular formula is C7H12F4. The van der Waals surface area contributed by atoms with Gasteiger partial charge in [-0.05, 0) is 6.42 Å². The lowest BCUT2D eigenvalue weighted by atomic mass is 9.83. The van der Waals surface area contributed by atoms with E-state index in [1.807, 2.05) is 0 Å². The molecule has 0 aliphatic heterocycles. The Morgan fingerprint density at radius 2 is 1.55 bits per heavy atom. The Balaban J connectivity index is 4.53. The molecule has 68 valence electrons. The average Bonchev–Trinajstić information content (AvgIpc) is 1.87. The highest BCUT2D eigenvalue weighted by Gasteiger charge is 2.53. The first-order chi connectivity index (χ1) is 4.75. The van der Waals surface area contributed by atoms with Gasteiger partial charge in [-0.15, -0.1) is 0 Å².